The molecular weight excluding hydrogens is 881 g/mol. The number of rotatable bonds is 13. The molecule has 0 spiro atoms. The number of benzene rings is 4. The van der Waals surface area contributed by atoms with E-state index >= 15 is 0 Å². The summed E-state index contributed by atoms with van der Waals surface area (Å²) in [5.41, 5.74) is 8.82. The second-order valence-corrected chi connectivity index (χ2v) is 19.4. The van der Waals surface area contributed by atoms with Crippen molar-refractivity contribution in [2.24, 2.45) is 0 Å². The van der Waals surface area contributed by atoms with Crippen LogP contribution in [0.15, 0.2) is 115 Å². The third-order valence-electron chi connectivity index (χ3n) is 13.0. The molecule has 0 atom stereocenters. The van der Waals surface area contributed by atoms with Crippen molar-refractivity contribution in [3.63, 3.8) is 0 Å². The van der Waals surface area contributed by atoms with Crippen LogP contribution >= 0.6 is 0 Å². The van der Waals surface area contributed by atoms with E-state index in [2.05, 4.69) is 87.9 Å². The van der Waals surface area contributed by atoms with Gasteiger partial charge in [-0.15, -0.1) is 0 Å². The van der Waals surface area contributed by atoms with Gasteiger partial charge in [-0.1, -0.05) is 36.4 Å². The van der Waals surface area contributed by atoms with Gasteiger partial charge in [0, 0.05) is 67.6 Å². The van der Waals surface area contributed by atoms with Gasteiger partial charge < -0.3 is 32.8 Å². The zero-order valence-corrected chi connectivity index (χ0v) is 39.9. The van der Waals surface area contributed by atoms with E-state index in [9.17, 15) is 8.42 Å². The highest BCUT2D eigenvalue weighted by molar-refractivity contribution is 7.90. The van der Waals surface area contributed by atoms with Crippen molar-refractivity contribution in [1.82, 2.24) is 29.1 Å². The maximum atomic E-state index is 12.7. The van der Waals surface area contributed by atoms with E-state index in [4.69, 9.17) is 43.6 Å². The molecule has 0 bridgehead atoms. The lowest BCUT2D eigenvalue weighted by Gasteiger charge is -2.48. The second-order valence-electron chi connectivity index (χ2n) is 17.4. The van der Waals surface area contributed by atoms with E-state index in [0.29, 0.717) is 92.3 Å². The molecule has 6 heterocycles. The highest BCUT2D eigenvalue weighted by Gasteiger charge is 2.39. The van der Waals surface area contributed by atoms with Crippen molar-refractivity contribution in [1.29, 1.82) is 0 Å². The first-order chi connectivity index (χ1) is 33.1. The summed E-state index contributed by atoms with van der Waals surface area (Å²) < 4.78 is 59.4. The second kappa shape index (κ2) is 18.6. The SMILES string of the molecule is COc1cc(-c2cn(-c3cccc(C)c3)c3ncnc(N(C4CCOCC4)N(c4ncnc5c4c(-c4ccc(S(C)(=O)=O)cc4)cn5-c4cccc(C)c4)C4CCOCC4)c23)cc(OC)c1OC. The van der Waals surface area contributed by atoms with Gasteiger partial charge >= 0.3 is 0 Å². The molecule has 16 heteroatoms. The fourth-order valence-corrected chi connectivity index (χ4v) is 10.3. The van der Waals surface area contributed by atoms with Gasteiger partial charge in [0.05, 0.1) is 49.1 Å². The quantitative estimate of drug-likeness (QED) is 0.101. The van der Waals surface area contributed by atoms with Crippen LogP contribution in [0.4, 0.5) is 11.6 Å². The van der Waals surface area contributed by atoms with Crippen LogP contribution in [-0.4, -0.2) is 104 Å². The number of fused-ring (bicyclic) bond motifs is 2. The molecule has 4 aromatic carbocycles. The molecule has 2 aliphatic rings. The number of hydrogen-bond acceptors (Lipinski definition) is 13. The zero-order valence-electron chi connectivity index (χ0n) is 39.0. The largest absolute Gasteiger partial charge is 0.493 e. The van der Waals surface area contributed by atoms with Crippen molar-refractivity contribution >= 4 is 43.5 Å². The van der Waals surface area contributed by atoms with Gasteiger partial charge in [0.1, 0.15) is 12.7 Å². The normalized spacial score (nSPS) is 14.9. The van der Waals surface area contributed by atoms with E-state index in [1.807, 2.05) is 30.3 Å². The fourth-order valence-electron chi connectivity index (χ4n) is 9.71. The minimum atomic E-state index is -3.45. The zero-order chi connectivity index (χ0) is 47.1. The molecule has 4 aromatic heterocycles. The van der Waals surface area contributed by atoms with Crippen LogP contribution in [0.2, 0.25) is 0 Å². The summed E-state index contributed by atoms with van der Waals surface area (Å²) in [6, 6.07) is 27.4. The Hall–Kier alpha value is -7.01. The Labute approximate surface area is 395 Å². The molecule has 350 valence electrons. The summed E-state index contributed by atoms with van der Waals surface area (Å²) in [5, 5.41) is 6.32. The number of nitrogens with zero attached hydrogens (tertiary/aromatic N) is 8. The summed E-state index contributed by atoms with van der Waals surface area (Å²) in [6.07, 6.45) is 11.5. The van der Waals surface area contributed by atoms with Gasteiger partial charge in [0.25, 0.3) is 0 Å². The molecule has 0 N–H and O–H groups in total. The first kappa shape index (κ1) is 44.8. The molecule has 8 aromatic rings. The van der Waals surface area contributed by atoms with Gasteiger partial charge in [0.2, 0.25) is 5.75 Å². The maximum Gasteiger partial charge on any atom is 0.203 e. The van der Waals surface area contributed by atoms with Crippen LogP contribution in [0.1, 0.15) is 36.8 Å². The standard InChI is InChI=1S/C52H54N8O7S/c1-33-9-7-11-39(25-33)57-29-42(35-13-15-41(16-14-35)68(6,61)62)46-49(57)53-31-55-51(46)59(37-17-21-66-22-18-37)60(38-19-23-67-24-20-38)52-47-43(36-27-44(63-3)48(65-5)45(28-36)64-4)30-58(50(47)54-32-56-52)40-12-8-10-34(2)26-40/h7-16,25-32,37-38H,17-24H2,1-6H3. The van der Waals surface area contributed by atoms with Crippen LogP contribution in [0.3, 0.4) is 0 Å². The minimum Gasteiger partial charge on any atom is -0.493 e. The molecule has 0 aliphatic carbocycles. The van der Waals surface area contributed by atoms with Crippen LogP contribution in [-0.2, 0) is 19.3 Å². The number of anilines is 2. The lowest BCUT2D eigenvalue weighted by Crippen LogP contribution is -2.57. The molecule has 2 aliphatic heterocycles. The Kier molecular flexibility index (Phi) is 12.2. The number of methoxy groups -OCH3 is 3. The topological polar surface area (TPSA) is 148 Å². The van der Waals surface area contributed by atoms with Gasteiger partial charge in [-0.3, -0.25) is 10.0 Å². The molecule has 2 fully saturated rings. The van der Waals surface area contributed by atoms with Crippen LogP contribution < -0.4 is 24.2 Å². The molecule has 0 unspecified atom stereocenters. The summed E-state index contributed by atoms with van der Waals surface area (Å²) in [5.74, 6) is 2.88. The minimum absolute atomic E-state index is 0.0961. The summed E-state index contributed by atoms with van der Waals surface area (Å²) >= 11 is 0. The summed E-state index contributed by atoms with van der Waals surface area (Å²) in [4.78, 5) is 20.9. The monoisotopic (exact) mass is 934 g/mol. The number of aromatic nitrogens is 6. The van der Waals surface area contributed by atoms with E-state index in [1.54, 1.807) is 46.1 Å². The third kappa shape index (κ3) is 8.26. The average Bonchev–Trinajstić information content (AvgIpc) is 3.96. The summed E-state index contributed by atoms with van der Waals surface area (Å²) in [6.45, 7) is 6.38. The average molecular weight is 935 g/mol. The van der Waals surface area contributed by atoms with Gasteiger partial charge in [-0.25, -0.2) is 28.4 Å². The van der Waals surface area contributed by atoms with Crippen molar-refractivity contribution in [3.05, 3.63) is 121 Å². The number of sulfone groups is 1. The van der Waals surface area contributed by atoms with E-state index in [1.165, 1.54) is 6.26 Å². The van der Waals surface area contributed by atoms with E-state index in [0.717, 1.165) is 55.5 Å². The summed E-state index contributed by atoms with van der Waals surface area (Å²) in [7, 11) is 1.39. The lowest BCUT2D eigenvalue weighted by molar-refractivity contribution is 0.0731. The van der Waals surface area contributed by atoms with Crippen molar-refractivity contribution < 1.29 is 32.1 Å². The Morgan fingerprint density at radius 1 is 0.588 bits per heavy atom. The lowest BCUT2D eigenvalue weighted by atomic mass is 10.0. The van der Waals surface area contributed by atoms with Crippen LogP contribution in [0.5, 0.6) is 17.2 Å². The van der Waals surface area contributed by atoms with E-state index < -0.39 is 9.84 Å². The molecule has 10 rings (SSSR count). The van der Waals surface area contributed by atoms with Gasteiger partial charge in [-0.05, 0) is 110 Å². The van der Waals surface area contributed by atoms with Gasteiger partial charge in [-0.2, -0.15) is 0 Å². The Balaban J connectivity index is 1.29. The molecule has 68 heavy (non-hydrogen) atoms. The Morgan fingerprint density at radius 2 is 1.04 bits per heavy atom. The first-order valence-corrected chi connectivity index (χ1v) is 24.7. The number of aryl methyl sites for hydroxylation is 2. The number of hydrazine groups is 1. The highest BCUT2D eigenvalue weighted by atomic mass is 32.2. The first-order valence-electron chi connectivity index (χ1n) is 22.8. The molecule has 15 nitrogen and oxygen atoms in total. The van der Waals surface area contributed by atoms with Gasteiger partial charge in [0.15, 0.2) is 44.3 Å². The number of ether oxygens (including phenoxy) is 5. The van der Waals surface area contributed by atoms with E-state index in [-0.39, 0.29) is 17.0 Å². The molecular formula is C52H54N8O7S. The van der Waals surface area contributed by atoms with Crippen LogP contribution in [0.25, 0.3) is 55.7 Å². The Bertz CT molecular complexity index is 3230. The predicted octanol–water partition coefficient (Wildman–Crippen LogP) is 9.12. The third-order valence-corrected chi connectivity index (χ3v) is 14.1. The van der Waals surface area contributed by atoms with Crippen molar-refractivity contribution in [2.75, 3.05) is 64.0 Å². The molecule has 0 saturated carbocycles. The maximum absolute atomic E-state index is 12.7. The highest BCUT2D eigenvalue weighted by Crippen LogP contribution is 2.47. The van der Waals surface area contributed by atoms with Crippen LogP contribution in [0, 0.1) is 13.8 Å². The Morgan fingerprint density at radius 3 is 1.46 bits per heavy atom. The predicted molar refractivity (Wildman–Crippen MR) is 263 cm³/mol. The van der Waals surface area contributed by atoms with Crippen molar-refractivity contribution in [3.8, 4) is 50.9 Å². The fraction of sp³-hybridized carbons (Fsp3) is 0.308. The molecule has 0 amide bonds. The molecule has 2 saturated heterocycles. The molecule has 0 radical (unpaired) electrons. The van der Waals surface area contributed by atoms with Crippen molar-refractivity contribution in [2.45, 2.75) is 56.5 Å². The smallest absolute Gasteiger partial charge is 0.203 e. The number of hydrogen-bond donors (Lipinski definition) is 0.